The van der Waals surface area contributed by atoms with E-state index in [9.17, 15) is 9.90 Å². The van der Waals surface area contributed by atoms with Crippen molar-refractivity contribution in [3.05, 3.63) is 42.1 Å². The van der Waals surface area contributed by atoms with E-state index in [1.54, 1.807) is 12.1 Å². The lowest BCUT2D eigenvalue weighted by atomic mass is 10.2. The molecule has 1 aromatic heterocycles. The molecule has 0 bridgehead atoms. The van der Waals surface area contributed by atoms with Gasteiger partial charge in [-0.25, -0.2) is 4.79 Å². The number of carboxylic acids is 1. The number of hydrogen-bond donors (Lipinski definition) is 3. The molecule has 0 atom stereocenters. The molecule has 0 aliphatic rings. The Bertz CT molecular complexity index is 557. The molecule has 0 aliphatic heterocycles. The Morgan fingerprint density at radius 3 is 2.82 bits per heavy atom. The number of carboxylic acid groups (broad SMARTS) is 1. The Morgan fingerprint density at radius 2 is 2.12 bits per heavy atom. The van der Waals surface area contributed by atoms with Crippen molar-refractivity contribution < 1.29 is 15.0 Å². The zero-order chi connectivity index (χ0) is 12.3. The van der Waals surface area contributed by atoms with Gasteiger partial charge in [-0.1, -0.05) is 6.07 Å². The van der Waals surface area contributed by atoms with Crippen LogP contribution in [0, 0.1) is 0 Å². The Kier molecular flexibility index (Phi) is 2.87. The van der Waals surface area contributed by atoms with E-state index in [2.05, 4.69) is 15.5 Å². The van der Waals surface area contributed by atoms with Crippen LogP contribution in [0.2, 0.25) is 0 Å². The number of nitrogens with zero attached hydrogens (tertiary/aromatic N) is 2. The van der Waals surface area contributed by atoms with Crippen molar-refractivity contribution in [2.24, 2.45) is 0 Å². The number of hydrogen-bond acceptors (Lipinski definition) is 5. The van der Waals surface area contributed by atoms with Gasteiger partial charge in [-0.15, -0.1) is 5.10 Å². The van der Waals surface area contributed by atoms with Gasteiger partial charge >= 0.3 is 5.97 Å². The van der Waals surface area contributed by atoms with Crippen LogP contribution in [0.1, 0.15) is 10.4 Å². The summed E-state index contributed by atoms with van der Waals surface area (Å²) < 4.78 is 0. The normalized spacial score (nSPS) is 9.88. The smallest absolute Gasteiger partial charge is 0.339 e. The number of benzene rings is 1. The summed E-state index contributed by atoms with van der Waals surface area (Å²) in [5, 5.41) is 28.3. The maximum absolute atomic E-state index is 10.9. The molecular weight excluding hydrogens is 222 g/mol. The summed E-state index contributed by atoms with van der Waals surface area (Å²) in [5.41, 5.74) is 0.552. The molecule has 3 N–H and O–H groups in total. The highest BCUT2D eigenvalue weighted by Crippen LogP contribution is 2.21. The third kappa shape index (κ3) is 2.49. The van der Waals surface area contributed by atoms with Gasteiger partial charge in [0.1, 0.15) is 11.3 Å². The Morgan fingerprint density at radius 1 is 1.29 bits per heavy atom. The number of aromatic nitrogens is 2. The van der Waals surface area contributed by atoms with E-state index in [0.717, 1.165) is 0 Å². The first kappa shape index (κ1) is 10.9. The molecule has 17 heavy (non-hydrogen) atoms. The van der Waals surface area contributed by atoms with Crippen LogP contribution >= 0.6 is 0 Å². The maximum Gasteiger partial charge on any atom is 0.339 e. The molecule has 1 heterocycles. The van der Waals surface area contributed by atoms with Gasteiger partial charge in [0, 0.05) is 11.8 Å². The van der Waals surface area contributed by atoms with Crippen LogP contribution in [-0.4, -0.2) is 26.4 Å². The molecule has 0 aliphatic carbocycles. The standard InChI is InChI=1S/C11H9N3O3/c15-8-3-1-2-7(6-8)13-10-9(11(16)17)4-5-12-14-10/h1-6,15H,(H,13,14)(H,16,17). The molecule has 0 saturated heterocycles. The zero-order valence-electron chi connectivity index (χ0n) is 8.66. The fourth-order valence-electron chi connectivity index (χ4n) is 1.32. The molecule has 6 nitrogen and oxygen atoms in total. The van der Waals surface area contributed by atoms with Gasteiger partial charge in [-0.05, 0) is 18.2 Å². The van der Waals surface area contributed by atoms with E-state index in [-0.39, 0.29) is 17.1 Å². The summed E-state index contributed by atoms with van der Waals surface area (Å²) in [7, 11) is 0. The van der Waals surface area contributed by atoms with Gasteiger partial charge in [-0.2, -0.15) is 5.10 Å². The zero-order valence-corrected chi connectivity index (χ0v) is 8.66. The van der Waals surface area contributed by atoms with E-state index in [4.69, 9.17) is 5.11 Å². The van der Waals surface area contributed by atoms with Crippen LogP contribution in [0.4, 0.5) is 11.5 Å². The van der Waals surface area contributed by atoms with Crippen molar-refractivity contribution in [3.63, 3.8) is 0 Å². The van der Waals surface area contributed by atoms with Crippen LogP contribution in [-0.2, 0) is 0 Å². The molecule has 86 valence electrons. The molecule has 6 heteroatoms. The van der Waals surface area contributed by atoms with Gasteiger partial charge in [-0.3, -0.25) is 0 Å². The predicted octanol–water partition coefficient (Wildman–Crippen LogP) is 1.62. The van der Waals surface area contributed by atoms with Crippen LogP contribution in [0.15, 0.2) is 36.5 Å². The third-order valence-electron chi connectivity index (χ3n) is 2.06. The highest BCUT2D eigenvalue weighted by Gasteiger charge is 2.11. The predicted molar refractivity (Wildman–Crippen MR) is 60.4 cm³/mol. The molecule has 2 aromatic rings. The third-order valence-corrected chi connectivity index (χ3v) is 2.06. The minimum Gasteiger partial charge on any atom is -0.508 e. The van der Waals surface area contributed by atoms with E-state index >= 15 is 0 Å². The summed E-state index contributed by atoms with van der Waals surface area (Å²) in [6.07, 6.45) is 1.30. The number of carbonyl (C=O) groups is 1. The fraction of sp³-hybridized carbons (Fsp3) is 0. The number of rotatable bonds is 3. The van der Waals surface area contributed by atoms with Gasteiger partial charge in [0.05, 0.1) is 6.20 Å². The SMILES string of the molecule is O=C(O)c1ccnnc1Nc1cccc(O)c1. The summed E-state index contributed by atoms with van der Waals surface area (Å²) in [6.45, 7) is 0. The summed E-state index contributed by atoms with van der Waals surface area (Å²) in [5.74, 6) is -0.885. The first-order valence-corrected chi connectivity index (χ1v) is 4.78. The number of nitrogens with one attached hydrogen (secondary N) is 1. The lowest BCUT2D eigenvalue weighted by Crippen LogP contribution is -2.05. The molecule has 0 spiro atoms. The lowest BCUT2D eigenvalue weighted by molar-refractivity contribution is 0.0697. The first-order valence-electron chi connectivity index (χ1n) is 4.78. The largest absolute Gasteiger partial charge is 0.508 e. The summed E-state index contributed by atoms with van der Waals surface area (Å²) >= 11 is 0. The van der Waals surface area contributed by atoms with E-state index in [0.29, 0.717) is 5.69 Å². The van der Waals surface area contributed by atoms with Crippen molar-refractivity contribution in [1.29, 1.82) is 0 Å². The van der Waals surface area contributed by atoms with Crippen LogP contribution in [0.5, 0.6) is 5.75 Å². The minimum absolute atomic E-state index is 0.0170. The average molecular weight is 231 g/mol. The van der Waals surface area contributed by atoms with E-state index < -0.39 is 5.97 Å². The molecule has 0 fully saturated rings. The quantitative estimate of drug-likeness (QED) is 0.743. The van der Waals surface area contributed by atoms with Crippen molar-refractivity contribution in [1.82, 2.24) is 10.2 Å². The fourth-order valence-corrected chi connectivity index (χ4v) is 1.32. The van der Waals surface area contributed by atoms with Gasteiger partial charge < -0.3 is 15.5 Å². The topological polar surface area (TPSA) is 95.3 Å². The second-order valence-corrected chi connectivity index (χ2v) is 3.27. The highest BCUT2D eigenvalue weighted by atomic mass is 16.4. The van der Waals surface area contributed by atoms with Crippen molar-refractivity contribution in [2.75, 3.05) is 5.32 Å². The molecule has 0 radical (unpaired) electrons. The molecule has 0 amide bonds. The van der Waals surface area contributed by atoms with Gasteiger partial charge in [0.15, 0.2) is 5.82 Å². The maximum atomic E-state index is 10.9. The van der Waals surface area contributed by atoms with Crippen molar-refractivity contribution in [2.45, 2.75) is 0 Å². The second-order valence-electron chi connectivity index (χ2n) is 3.27. The average Bonchev–Trinajstić information content (AvgIpc) is 2.29. The molecule has 1 aromatic carbocycles. The monoisotopic (exact) mass is 231 g/mol. The van der Waals surface area contributed by atoms with Crippen LogP contribution < -0.4 is 5.32 Å². The number of aromatic hydroxyl groups is 1. The van der Waals surface area contributed by atoms with Crippen LogP contribution in [0.3, 0.4) is 0 Å². The Balaban J connectivity index is 2.33. The Labute approximate surface area is 96.6 Å². The minimum atomic E-state index is -1.09. The molecule has 0 unspecified atom stereocenters. The Hall–Kier alpha value is -2.63. The first-order chi connectivity index (χ1) is 8.16. The van der Waals surface area contributed by atoms with Crippen molar-refractivity contribution >= 4 is 17.5 Å². The van der Waals surface area contributed by atoms with E-state index in [1.165, 1.54) is 24.4 Å². The van der Waals surface area contributed by atoms with Gasteiger partial charge in [0.25, 0.3) is 0 Å². The highest BCUT2D eigenvalue weighted by molar-refractivity contribution is 5.93. The number of anilines is 2. The van der Waals surface area contributed by atoms with Gasteiger partial charge in [0.2, 0.25) is 0 Å². The number of aromatic carboxylic acids is 1. The summed E-state index contributed by atoms with van der Waals surface area (Å²) in [6, 6.07) is 7.63. The second kappa shape index (κ2) is 4.48. The van der Waals surface area contributed by atoms with Crippen molar-refractivity contribution in [3.8, 4) is 5.75 Å². The number of phenols is 1. The molecular formula is C11H9N3O3. The van der Waals surface area contributed by atoms with E-state index in [1.807, 2.05) is 0 Å². The number of phenolic OH excluding ortho intramolecular Hbond substituents is 1. The summed E-state index contributed by atoms with van der Waals surface area (Å²) in [4.78, 5) is 10.9. The molecule has 0 saturated carbocycles. The lowest BCUT2D eigenvalue weighted by Gasteiger charge is -2.07. The molecule has 2 rings (SSSR count). The van der Waals surface area contributed by atoms with Crippen LogP contribution in [0.25, 0.3) is 0 Å².